The summed E-state index contributed by atoms with van der Waals surface area (Å²) in [5.41, 5.74) is 0.721. The maximum absolute atomic E-state index is 12.3. The zero-order valence-electron chi connectivity index (χ0n) is 16.7. The Balaban J connectivity index is 1.73. The van der Waals surface area contributed by atoms with E-state index in [4.69, 9.17) is 0 Å². The highest BCUT2D eigenvalue weighted by atomic mass is 16.6. The third-order valence-electron chi connectivity index (χ3n) is 4.82. The predicted octanol–water partition coefficient (Wildman–Crippen LogP) is 3.11. The van der Waals surface area contributed by atoms with Gasteiger partial charge in [-0.3, -0.25) is 19.7 Å². The fourth-order valence-electron chi connectivity index (χ4n) is 3.30. The van der Waals surface area contributed by atoms with Crippen molar-refractivity contribution in [2.24, 2.45) is 0 Å². The van der Waals surface area contributed by atoms with Crippen LogP contribution in [-0.4, -0.2) is 42.3 Å². The van der Waals surface area contributed by atoms with Gasteiger partial charge in [-0.05, 0) is 36.5 Å². The molecule has 8 nitrogen and oxygen atoms in total. The van der Waals surface area contributed by atoms with Gasteiger partial charge >= 0.3 is 11.8 Å². The Bertz CT molecular complexity index is 1090. The van der Waals surface area contributed by atoms with Crippen molar-refractivity contribution >= 4 is 34.0 Å². The van der Waals surface area contributed by atoms with Crippen molar-refractivity contribution in [3.8, 4) is 0 Å². The van der Waals surface area contributed by atoms with Crippen molar-refractivity contribution < 1.29 is 14.5 Å². The monoisotopic (exact) mass is 406 g/mol. The van der Waals surface area contributed by atoms with Crippen molar-refractivity contribution in [3.05, 3.63) is 82.4 Å². The largest absolute Gasteiger partial charge is 0.346 e. The van der Waals surface area contributed by atoms with Crippen molar-refractivity contribution in [3.63, 3.8) is 0 Å². The maximum Gasteiger partial charge on any atom is 0.313 e. The van der Waals surface area contributed by atoms with Crippen molar-refractivity contribution in [1.82, 2.24) is 10.2 Å². The van der Waals surface area contributed by atoms with Crippen LogP contribution in [0.1, 0.15) is 11.6 Å². The maximum atomic E-state index is 12.3. The molecule has 0 saturated heterocycles. The fourth-order valence-corrected chi connectivity index (χ4v) is 3.30. The lowest BCUT2D eigenvalue weighted by molar-refractivity contribution is -0.383. The molecular weight excluding hydrogens is 384 g/mol. The van der Waals surface area contributed by atoms with Gasteiger partial charge in [-0.15, -0.1) is 0 Å². The highest BCUT2D eigenvalue weighted by molar-refractivity contribution is 6.39. The van der Waals surface area contributed by atoms with Crippen LogP contribution in [0, 0.1) is 10.1 Å². The van der Waals surface area contributed by atoms with E-state index in [2.05, 4.69) is 10.6 Å². The minimum Gasteiger partial charge on any atom is -0.346 e. The van der Waals surface area contributed by atoms with Crippen LogP contribution in [0.3, 0.4) is 0 Å². The molecule has 154 valence electrons. The number of carbonyl (C=O) groups is 2. The lowest BCUT2D eigenvalue weighted by atomic mass is 9.98. The number of anilines is 1. The van der Waals surface area contributed by atoms with Crippen LogP contribution in [0.5, 0.6) is 0 Å². The molecule has 0 aromatic heterocycles. The normalized spacial score (nSPS) is 11.8. The average Bonchev–Trinajstić information content (AvgIpc) is 2.73. The van der Waals surface area contributed by atoms with E-state index >= 15 is 0 Å². The second kappa shape index (κ2) is 9.15. The Hall–Kier alpha value is -3.78. The van der Waals surface area contributed by atoms with E-state index < -0.39 is 16.7 Å². The van der Waals surface area contributed by atoms with Gasteiger partial charge in [0.05, 0.1) is 11.0 Å². The number of fused-ring (bicyclic) bond motifs is 1. The highest BCUT2D eigenvalue weighted by Crippen LogP contribution is 2.27. The molecule has 0 aliphatic carbocycles. The Kier molecular flexibility index (Phi) is 6.38. The lowest BCUT2D eigenvalue weighted by Crippen LogP contribution is -2.40. The first-order valence-corrected chi connectivity index (χ1v) is 9.35. The van der Waals surface area contributed by atoms with Gasteiger partial charge in [0.25, 0.3) is 5.69 Å². The van der Waals surface area contributed by atoms with E-state index in [0.29, 0.717) is 0 Å². The molecule has 0 heterocycles. The molecule has 0 spiro atoms. The molecule has 2 amide bonds. The molecule has 2 N–H and O–H groups in total. The van der Waals surface area contributed by atoms with Gasteiger partial charge in [0.15, 0.2) is 0 Å². The SMILES string of the molecule is CN(C)[C@H](CNC(=O)C(=O)Nc1ccccc1[N+](=O)[O-])c1cccc2ccccc12. The molecule has 0 saturated carbocycles. The summed E-state index contributed by atoms with van der Waals surface area (Å²) in [6, 6.07) is 19.4. The summed E-state index contributed by atoms with van der Waals surface area (Å²) in [7, 11) is 3.79. The van der Waals surface area contributed by atoms with E-state index in [0.717, 1.165) is 16.3 Å². The summed E-state index contributed by atoms with van der Waals surface area (Å²) in [5.74, 6) is -1.82. The molecule has 8 heteroatoms. The first-order valence-electron chi connectivity index (χ1n) is 9.35. The quantitative estimate of drug-likeness (QED) is 0.372. The topological polar surface area (TPSA) is 105 Å². The van der Waals surface area contributed by atoms with Crippen molar-refractivity contribution in [1.29, 1.82) is 0 Å². The number of nitrogens with zero attached hydrogens (tertiary/aromatic N) is 2. The number of nitro groups is 1. The number of para-hydroxylation sites is 2. The number of hydrogen-bond acceptors (Lipinski definition) is 5. The van der Waals surface area contributed by atoms with E-state index in [-0.39, 0.29) is 24.0 Å². The Morgan fingerprint density at radius 3 is 2.37 bits per heavy atom. The van der Waals surface area contributed by atoms with Crippen LogP contribution < -0.4 is 10.6 Å². The van der Waals surface area contributed by atoms with Gasteiger partial charge in [-0.2, -0.15) is 0 Å². The van der Waals surface area contributed by atoms with E-state index in [1.807, 2.05) is 61.5 Å². The van der Waals surface area contributed by atoms with Gasteiger partial charge in [0.2, 0.25) is 0 Å². The molecule has 30 heavy (non-hydrogen) atoms. The van der Waals surface area contributed by atoms with E-state index in [9.17, 15) is 19.7 Å². The standard InChI is InChI=1S/C22H22N4O4/c1-25(2)20(17-11-7-9-15-8-3-4-10-16(15)17)14-23-21(27)22(28)24-18-12-5-6-13-19(18)26(29)30/h3-13,20H,14H2,1-2H3,(H,23,27)(H,24,28)/t20-/m1/s1. The molecule has 0 fully saturated rings. The molecule has 3 aromatic rings. The van der Waals surface area contributed by atoms with E-state index in [1.165, 1.54) is 18.2 Å². The minimum atomic E-state index is -0.959. The number of nitro benzene ring substituents is 1. The summed E-state index contributed by atoms with van der Waals surface area (Å²) in [4.78, 5) is 37.0. The third-order valence-corrected chi connectivity index (χ3v) is 4.82. The number of nitrogens with one attached hydrogen (secondary N) is 2. The van der Waals surface area contributed by atoms with Crippen LogP contribution in [-0.2, 0) is 9.59 Å². The molecule has 0 unspecified atom stereocenters. The zero-order chi connectivity index (χ0) is 21.7. The first kappa shape index (κ1) is 20.9. The molecule has 0 radical (unpaired) electrons. The number of benzene rings is 3. The van der Waals surface area contributed by atoms with Crippen molar-refractivity contribution in [2.45, 2.75) is 6.04 Å². The number of amides is 2. The molecule has 3 rings (SSSR count). The summed E-state index contributed by atoms with van der Waals surface area (Å²) in [6.45, 7) is 0.199. The Morgan fingerprint density at radius 1 is 0.967 bits per heavy atom. The van der Waals surface area contributed by atoms with Crippen molar-refractivity contribution in [2.75, 3.05) is 26.0 Å². The fraction of sp³-hybridized carbons (Fsp3) is 0.182. The van der Waals surface area contributed by atoms with Gasteiger partial charge in [0, 0.05) is 12.6 Å². The number of rotatable bonds is 6. The average molecular weight is 406 g/mol. The van der Waals surface area contributed by atoms with Gasteiger partial charge < -0.3 is 15.5 Å². The second-order valence-corrected chi connectivity index (χ2v) is 6.99. The van der Waals surface area contributed by atoms with Crippen LogP contribution >= 0.6 is 0 Å². The highest BCUT2D eigenvalue weighted by Gasteiger charge is 2.22. The zero-order valence-corrected chi connectivity index (χ0v) is 16.7. The van der Waals surface area contributed by atoms with Crippen LogP contribution in [0.4, 0.5) is 11.4 Å². The summed E-state index contributed by atoms with van der Waals surface area (Å²) < 4.78 is 0. The summed E-state index contributed by atoms with van der Waals surface area (Å²) in [5, 5.41) is 18.2. The predicted molar refractivity (Wildman–Crippen MR) is 115 cm³/mol. The van der Waals surface area contributed by atoms with Crippen LogP contribution in [0.25, 0.3) is 10.8 Å². The molecule has 0 bridgehead atoms. The van der Waals surface area contributed by atoms with Crippen LogP contribution in [0.2, 0.25) is 0 Å². The summed E-state index contributed by atoms with van der Waals surface area (Å²) in [6.07, 6.45) is 0. The minimum absolute atomic E-state index is 0.0270. The lowest BCUT2D eigenvalue weighted by Gasteiger charge is -2.26. The molecule has 0 aliphatic heterocycles. The molecular formula is C22H22N4O4. The smallest absolute Gasteiger partial charge is 0.313 e. The van der Waals surface area contributed by atoms with E-state index in [1.54, 1.807) is 6.07 Å². The Morgan fingerprint density at radius 2 is 1.63 bits per heavy atom. The number of carbonyl (C=O) groups excluding carboxylic acids is 2. The first-order chi connectivity index (χ1) is 14.4. The van der Waals surface area contributed by atoms with Gasteiger partial charge in [0.1, 0.15) is 5.69 Å². The summed E-state index contributed by atoms with van der Waals surface area (Å²) >= 11 is 0. The second-order valence-electron chi connectivity index (χ2n) is 6.99. The van der Waals surface area contributed by atoms with Crippen LogP contribution in [0.15, 0.2) is 66.7 Å². The molecule has 1 atom stereocenters. The van der Waals surface area contributed by atoms with Gasteiger partial charge in [-0.1, -0.05) is 54.6 Å². The number of hydrogen-bond donors (Lipinski definition) is 2. The molecule has 3 aromatic carbocycles. The Labute approximate surface area is 173 Å². The molecule has 0 aliphatic rings. The third kappa shape index (κ3) is 4.61. The number of likely N-dealkylation sites (N-methyl/N-ethyl adjacent to an activating group) is 1. The van der Waals surface area contributed by atoms with Gasteiger partial charge in [-0.25, -0.2) is 0 Å².